The van der Waals surface area contributed by atoms with Crippen molar-refractivity contribution in [3.8, 4) is 0 Å². The summed E-state index contributed by atoms with van der Waals surface area (Å²) in [7, 11) is 0. The standard InChI is InChI=1S/C11H12Cl2N2O/c12-8-4-7(5-9(13)10(8)14)15-11(16)6-2-1-3-6/h4-6H,1-3,14H2,(H,15,16). The van der Waals surface area contributed by atoms with Gasteiger partial charge in [-0.05, 0) is 25.0 Å². The van der Waals surface area contributed by atoms with Crippen molar-refractivity contribution in [3.05, 3.63) is 22.2 Å². The first kappa shape index (κ1) is 11.6. The molecule has 3 N–H and O–H groups in total. The SMILES string of the molecule is Nc1c(Cl)cc(NC(=O)C2CCC2)cc1Cl. The van der Waals surface area contributed by atoms with Gasteiger partial charge in [-0.3, -0.25) is 4.79 Å². The van der Waals surface area contributed by atoms with Crippen molar-refractivity contribution in [1.82, 2.24) is 0 Å². The molecule has 1 fully saturated rings. The van der Waals surface area contributed by atoms with Crippen LogP contribution < -0.4 is 11.1 Å². The summed E-state index contributed by atoms with van der Waals surface area (Å²) in [5, 5.41) is 3.50. The average molecular weight is 259 g/mol. The summed E-state index contributed by atoms with van der Waals surface area (Å²) >= 11 is 11.7. The van der Waals surface area contributed by atoms with Gasteiger partial charge in [-0.1, -0.05) is 29.6 Å². The minimum Gasteiger partial charge on any atom is -0.396 e. The Morgan fingerprint density at radius 2 is 1.88 bits per heavy atom. The molecule has 3 nitrogen and oxygen atoms in total. The van der Waals surface area contributed by atoms with Crippen LogP contribution in [0.1, 0.15) is 19.3 Å². The van der Waals surface area contributed by atoms with Gasteiger partial charge in [0.05, 0.1) is 15.7 Å². The van der Waals surface area contributed by atoms with E-state index in [0.717, 1.165) is 19.3 Å². The van der Waals surface area contributed by atoms with Crippen molar-refractivity contribution < 1.29 is 4.79 Å². The summed E-state index contributed by atoms with van der Waals surface area (Å²) in [5.41, 5.74) is 6.54. The third kappa shape index (κ3) is 2.25. The molecule has 5 heteroatoms. The van der Waals surface area contributed by atoms with E-state index in [1.165, 1.54) is 0 Å². The van der Waals surface area contributed by atoms with E-state index in [9.17, 15) is 4.79 Å². The third-order valence-corrected chi connectivity index (χ3v) is 3.45. The molecule has 0 aromatic heterocycles. The van der Waals surface area contributed by atoms with E-state index in [4.69, 9.17) is 28.9 Å². The van der Waals surface area contributed by atoms with Gasteiger partial charge in [0.1, 0.15) is 0 Å². The molecule has 0 atom stereocenters. The molecular weight excluding hydrogens is 247 g/mol. The highest BCUT2D eigenvalue weighted by molar-refractivity contribution is 6.39. The summed E-state index contributed by atoms with van der Waals surface area (Å²) in [5.74, 6) is 0.165. The van der Waals surface area contributed by atoms with E-state index in [0.29, 0.717) is 21.4 Å². The Hall–Kier alpha value is -0.930. The van der Waals surface area contributed by atoms with Crippen molar-refractivity contribution in [3.63, 3.8) is 0 Å². The van der Waals surface area contributed by atoms with Crippen LogP contribution in [0.4, 0.5) is 11.4 Å². The van der Waals surface area contributed by atoms with E-state index in [1.807, 2.05) is 0 Å². The monoisotopic (exact) mass is 258 g/mol. The summed E-state index contributed by atoms with van der Waals surface area (Å²) in [6.45, 7) is 0. The molecule has 16 heavy (non-hydrogen) atoms. The molecular formula is C11H12Cl2N2O. The number of carbonyl (C=O) groups is 1. The van der Waals surface area contributed by atoms with Crippen molar-refractivity contribution in [1.29, 1.82) is 0 Å². The van der Waals surface area contributed by atoms with Crippen molar-refractivity contribution in [2.24, 2.45) is 5.92 Å². The molecule has 0 radical (unpaired) electrons. The zero-order valence-corrected chi connectivity index (χ0v) is 10.1. The van der Waals surface area contributed by atoms with Crippen LogP contribution in [0, 0.1) is 5.92 Å². The fourth-order valence-electron chi connectivity index (χ4n) is 1.57. The highest BCUT2D eigenvalue weighted by atomic mass is 35.5. The van der Waals surface area contributed by atoms with E-state index < -0.39 is 0 Å². The largest absolute Gasteiger partial charge is 0.396 e. The van der Waals surface area contributed by atoms with Crippen molar-refractivity contribution in [2.45, 2.75) is 19.3 Å². The summed E-state index contributed by atoms with van der Waals surface area (Å²) < 4.78 is 0. The lowest BCUT2D eigenvalue weighted by molar-refractivity contribution is -0.122. The Labute approximate surface area is 104 Å². The van der Waals surface area contributed by atoms with Gasteiger partial charge >= 0.3 is 0 Å². The van der Waals surface area contributed by atoms with Crippen LogP contribution in [0.5, 0.6) is 0 Å². The maximum absolute atomic E-state index is 11.7. The predicted molar refractivity (Wildman–Crippen MR) is 66.8 cm³/mol. The molecule has 2 rings (SSSR count). The van der Waals surface area contributed by atoms with Gasteiger partial charge in [0, 0.05) is 11.6 Å². The molecule has 1 aromatic rings. The third-order valence-electron chi connectivity index (χ3n) is 2.82. The van der Waals surface area contributed by atoms with Gasteiger partial charge in [-0.15, -0.1) is 0 Å². The first-order chi connectivity index (χ1) is 7.58. The molecule has 86 valence electrons. The van der Waals surface area contributed by atoms with Crippen molar-refractivity contribution >= 4 is 40.5 Å². The van der Waals surface area contributed by atoms with E-state index in [1.54, 1.807) is 12.1 Å². The molecule has 0 aliphatic heterocycles. The van der Waals surface area contributed by atoms with Crippen LogP contribution in [-0.4, -0.2) is 5.91 Å². The number of anilines is 2. The maximum atomic E-state index is 11.7. The minimum atomic E-state index is 0.0307. The molecule has 1 aliphatic carbocycles. The van der Waals surface area contributed by atoms with Crippen LogP contribution in [0.25, 0.3) is 0 Å². The Bertz CT molecular complexity index is 407. The second-order valence-electron chi connectivity index (χ2n) is 3.97. The lowest BCUT2D eigenvalue weighted by atomic mass is 9.85. The molecule has 0 saturated heterocycles. The first-order valence-corrected chi connectivity index (χ1v) is 5.89. The fourth-order valence-corrected chi connectivity index (χ4v) is 2.06. The zero-order valence-electron chi connectivity index (χ0n) is 8.59. The number of rotatable bonds is 2. The van der Waals surface area contributed by atoms with E-state index in [2.05, 4.69) is 5.32 Å². The fraction of sp³-hybridized carbons (Fsp3) is 0.364. The number of amides is 1. The maximum Gasteiger partial charge on any atom is 0.227 e. The van der Waals surface area contributed by atoms with Gasteiger partial charge in [0.15, 0.2) is 0 Å². The number of nitrogens with two attached hydrogens (primary N) is 1. The number of halogens is 2. The van der Waals surface area contributed by atoms with Crippen LogP contribution in [0.15, 0.2) is 12.1 Å². The second-order valence-corrected chi connectivity index (χ2v) is 4.79. The Kier molecular flexibility index (Phi) is 3.26. The smallest absolute Gasteiger partial charge is 0.227 e. The van der Waals surface area contributed by atoms with Crippen LogP contribution >= 0.6 is 23.2 Å². The van der Waals surface area contributed by atoms with Gasteiger partial charge in [0.2, 0.25) is 5.91 Å². The molecule has 1 saturated carbocycles. The van der Waals surface area contributed by atoms with Gasteiger partial charge in [0.25, 0.3) is 0 Å². The van der Waals surface area contributed by atoms with Crippen LogP contribution in [-0.2, 0) is 4.79 Å². The number of nitrogen functional groups attached to an aromatic ring is 1. The number of benzene rings is 1. The molecule has 1 aliphatic rings. The van der Waals surface area contributed by atoms with Gasteiger partial charge in [-0.25, -0.2) is 0 Å². The van der Waals surface area contributed by atoms with E-state index >= 15 is 0 Å². The molecule has 1 amide bonds. The van der Waals surface area contributed by atoms with Crippen molar-refractivity contribution in [2.75, 3.05) is 11.1 Å². The van der Waals surface area contributed by atoms with Crippen LogP contribution in [0.2, 0.25) is 10.0 Å². The number of hydrogen-bond donors (Lipinski definition) is 2. The van der Waals surface area contributed by atoms with Gasteiger partial charge < -0.3 is 11.1 Å². The van der Waals surface area contributed by atoms with Gasteiger partial charge in [-0.2, -0.15) is 0 Å². The summed E-state index contributed by atoms with van der Waals surface area (Å²) in [4.78, 5) is 11.7. The molecule has 0 spiro atoms. The zero-order chi connectivity index (χ0) is 11.7. The quantitative estimate of drug-likeness (QED) is 0.800. The van der Waals surface area contributed by atoms with E-state index in [-0.39, 0.29) is 11.8 Å². The summed E-state index contributed by atoms with van der Waals surface area (Å²) in [6, 6.07) is 3.22. The predicted octanol–water partition coefficient (Wildman–Crippen LogP) is 3.31. The number of hydrogen-bond acceptors (Lipinski definition) is 2. The van der Waals surface area contributed by atoms with Crippen LogP contribution in [0.3, 0.4) is 0 Å². The highest BCUT2D eigenvalue weighted by Gasteiger charge is 2.25. The summed E-state index contributed by atoms with van der Waals surface area (Å²) in [6.07, 6.45) is 3.05. The second kappa shape index (κ2) is 4.52. The molecule has 1 aromatic carbocycles. The molecule has 0 bridgehead atoms. The minimum absolute atomic E-state index is 0.0307. The average Bonchev–Trinajstić information content (AvgIpc) is 2.10. The number of carbonyl (C=O) groups excluding carboxylic acids is 1. The topological polar surface area (TPSA) is 55.1 Å². The Balaban J connectivity index is 2.12. The normalized spacial score (nSPS) is 15.6. The molecule has 0 unspecified atom stereocenters. The number of nitrogens with one attached hydrogen (secondary N) is 1. The lowest BCUT2D eigenvalue weighted by Crippen LogP contribution is -2.28. The molecule has 0 heterocycles. The Morgan fingerprint density at radius 1 is 1.31 bits per heavy atom. The first-order valence-electron chi connectivity index (χ1n) is 5.13. The lowest BCUT2D eigenvalue weighted by Gasteiger charge is -2.24. The highest BCUT2D eigenvalue weighted by Crippen LogP contribution is 2.32. The Morgan fingerprint density at radius 3 is 2.31 bits per heavy atom.